The van der Waals surface area contributed by atoms with E-state index in [4.69, 9.17) is 5.11 Å². The third kappa shape index (κ3) is 3.03. The fraction of sp³-hybridized carbons (Fsp3) is 0.700. The predicted octanol–water partition coefficient (Wildman–Crippen LogP) is 0.429. The van der Waals surface area contributed by atoms with Gasteiger partial charge in [-0.25, -0.2) is 4.98 Å². The summed E-state index contributed by atoms with van der Waals surface area (Å²) in [4.78, 5) is 15.7. The molecule has 0 saturated heterocycles. The van der Waals surface area contributed by atoms with Gasteiger partial charge in [0.2, 0.25) is 5.82 Å². The zero-order valence-corrected chi connectivity index (χ0v) is 9.82. The van der Waals surface area contributed by atoms with Crippen LogP contribution in [0.4, 0.5) is 0 Å². The Kier molecular flexibility index (Phi) is 4.42. The average molecular weight is 226 g/mol. The molecule has 1 amide bonds. The predicted molar refractivity (Wildman–Crippen MR) is 59.1 cm³/mol. The average Bonchev–Trinajstić information content (AvgIpc) is 2.74. The molecule has 16 heavy (non-hydrogen) atoms. The molecular formula is C10H18N4O2. The Morgan fingerprint density at radius 1 is 1.56 bits per heavy atom. The van der Waals surface area contributed by atoms with Crippen LogP contribution in [0.5, 0.6) is 0 Å². The van der Waals surface area contributed by atoms with Crippen molar-refractivity contribution >= 4 is 5.91 Å². The molecule has 1 heterocycles. The van der Waals surface area contributed by atoms with E-state index >= 15 is 0 Å². The number of aromatic nitrogens is 3. The molecule has 0 radical (unpaired) electrons. The summed E-state index contributed by atoms with van der Waals surface area (Å²) in [6.45, 7) is 5.73. The Morgan fingerprint density at radius 3 is 2.69 bits per heavy atom. The molecule has 0 aliphatic heterocycles. The van der Waals surface area contributed by atoms with Crippen molar-refractivity contribution in [2.45, 2.75) is 39.2 Å². The molecule has 0 spiro atoms. The van der Waals surface area contributed by atoms with E-state index in [0.717, 1.165) is 0 Å². The van der Waals surface area contributed by atoms with Crippen LogP contribution in [0.2, 0.25) is 0 Å². The topological polar surface area (TPSA) is 90.9 Å². The van der Waals surface area contributed by atoms with E-state index in [1.807, 2.05) is 20.8 Å². The van der Waals surface area contributed by atoms with Gasteiger partial charge in [-0.1, -0.05) is 20.8 Å². The molecule has 1 unspecified atom stereocenters. The lowest BCUT2D eigenvalue weighted by Gasteiger charge is -2.11. The number of nitrogens with one attached hydrogen (secondary N) is 2. The highest BCUT2D eigenvalue weighted by molar-refractivity contribution is 5.90. The van der Waals surface area contributed by atoms with Crippen LogP contribution in [-0.2, 0) is 0 Å². The van der Waals surface area contributed by atoms with E-state index in [0.29, 0.717) is 12.2 Å². The quantitative estimate of drug-likeness (QED) is 0.679. The Labute approximate surface area is 94.5 Å². The molecule has 6 nitrogen and oxygen atoms in total. The number of amides is 1. The number of hydrogen-bond donors (Lipinski definition) is 3. The smallest absolute Gasteiger partial charge is 0.291 e. The van der Waals surface area contributed by atoms with Crippen LogP contribution >= 0.6 is 0 Å². The lowest BCUT2D eigenvalue weighted by molar-refractivity contribution is 0.0904. The number of aliphatic hydroxyl groups excluding tert-OH is 1. The molecule has 1 rings (SSSR count). The van der Waals surface area contributed by atoms with Gasteiger partial charge >= 0.3 is 0 Å². The normalized spacial score (nSPS) is 12.8. The number of carbonyl (C=O) groups is 1. The summed E-state index contributed by atoms with van der Waals surface area (Å²) in [6.07, 6.45) is 0.670. The zero-order chi connectivity index (χ0) is 12.1. The van der Waals surface area contributed by atoms with Gasteiger partial charge < -0.3 is 10.4 Å². The Morgan fingerprint density at radius 2 is 2.25 bits per heavy atom. The lowest BCUT2D eigenvalue weighted by atomic mass is 10.2. The van der Waals surface area contributed by atoms with Gasteiger partial charge in [0.05, 0.1) is 12.6 Å². The van der Waals surface area contributed by atoms with Gasteiger partial charge in [-0.15, -0.1) is 5.10 Å². The fourth-order valence-corrected chi connectivity index (χ4v) is 1.16. The lowest BCUT2D eigenvalue weighted by Crippen LogP contribution is -2.37. The number of aliphatic hydroxyl groups is 1. The summed E-state index contributed by atoms with van der Waals surface area (Å²) in [7, 11) is 0. The van der Waals surface area contributed by atoms with Crippen molar-refractivity contribution < 1.29 is 9.90 Å². The fourth-order valence-electron chi connectivity index (χ4n) is 1.16. The molecule has 3 N–H and O–H groups in total. The van der Waals surface area contributed by atoms with Gasteiger partial charge in [0.1, 0.15) is 5.82 Å². The molecule has 0 aliphatic carbocycles. The summed E-state index contributed by atoms with van der Waals surface area (Å²) in [6, 6.07) is -0.242. The molecule has 1 aromatic heterocycles. The summed E-state index contributed by atoms with van der Waals surface area (Å²) >= 11 is 0. The van der Waals surface area contributed by atoms with Crippen LogP contribution in [0.3, 0.4) is 0 Å². The highest BCUT2D eigenvalue weighted by Gasteiger charge is 2.16. The first-order valence-corrected chi connectivity index (χ1v) is 5.42. The van der Waals surface area contributed by atoms with Crippen molar-refractivity contribution in [1.82, 2.24) is 20.5 Å². The molecule has 6 heteroatoms. The van der Waals surface area contributed by atoms with E-state index in [1.165, 1.54) is 0 Å². The summed E-state index contributed by atoms with van der Waals surface area (Å²) in [5.74, 6) is 0.649. The minimum atomic E-state index is -0.357. The van der Waals surface area contributed by atoms with Crippen LogP contribution in [0.1, 0.15) is 49.6 Å². The van der Waals surface area contributed by atoms with Crippen molar-refractivity contribution in [3.05, 3.63) is 11.6 Å². The third-order valence-corrected chi connectivity index (χ3v) is 2.30. The number of carbonyl (C=O) groups excluding carboxylic acids is 1. The van der Waals surface area contributed by atoms with Gasteiger partial charge in [-0.2, -0.15) is 0 Å². The van der Waals surface area contributed by atoms with Gasteiger partial charge in [0.25, 0.3) is 5.91 Å². The second-order valence-corrected chi connectivity index (χ2v) is 3.96. The number of rotatable bonds is 5. The minimum Gasteiger partial charge on any atom is -0.394 e. The van der Waals surface area contributed by atoms with Gasteiger partial charge in [-0.3, -0.25) is 9.89 Å². The number of hydrogen-bond acceptors (Lipinski definition) is 4. The van der Waals surface area contributed by atoms with E-state index in [1.54, 1.807) is 0 Å². The molecule has 0 aromatic carbocycles. The van der Waals surface area contributed by atoms with Crippen molar-refractivity contribution in [3.8, 4) is 0 Å². The first-order valence-electron chi connectivity index (χ1n) is 5.42. The van der Waals surface area contributed by atoms with Crippen molar-refractivity contribution in [1.29, 1.82) is 0 Å². The molecular weight excluding hydrogens is 208 g/mol. The summed E-state index contributed by atoms with van der Waals surface area (Å²) < 4.78 is 0. The summed E-state index contributed by atoms with van der Waals surface area (Å²) in [5, 5.41) is 18.1. The van der Waals surface area contributed by atoms with Crippen LogP contribution in [0, 0.1) is 0 Å². The zero-order valence-electron chi connectivity index (χ0n) is 9.82. The Bertz CT molecular complexity index is 344. The van der Waals surface area contributed by atoms with Gasteiger partial charge in [-0.05, 0) is 6.42 Å². The highest BCUT2D eigenvalue weighted by Crippen LogP contribution is 2.07. The van der Waals surface area contributed by atoms with Gasteiger partial charge in [0.15, 0.2) is 0 Å². The molecule has 0 bridgehead atoms. The van der Waals surface area contributed by atoms with Crippen molar-refractivity contribution in [3.63, 3.8) is 0 Å². The van der Waals surface area contributed by atoms with E-state index < -0.39 is 0 Å². The number of H-pyrrole nitrogens is 1. The second-order valence-electron chi connectivity index (χ2n) is 3.96. The SMILES string of the molecule is CCC(CO)NC(=O)c1n[nH]c(C(C)C)n1. The molecule has 1 atom stereocenters. The second kappa shape index (κ2) is 5.60. The third-order valence-electron chi connectivity index (χ3n) is 2.30. The first kappa shape index (κ1) is 12.6. The number of nitrogens with zero attached hydrogens (tertiary/aromatic N) is 2. The van der Waals surface area contributed by atoms with E-state index in [9.17, 15) is 4.79 Å². The molecule has 1 aromatic rings. The van der Waals surface area contributed by atoms with Crippen molar-refractivity contribution in [2.24, 2.45) is 0 Å². The molecule has 90 valence electrons. The van der Waals surface area contributed by atoms with Crippen LogP contribution in [0.15, 0.2) is 0 Å². The van der Waals surface area contributed by atoms with E-state index in [2.05, 4.69) is 20.5 Å². The Hall–Kier alpha value is -1.43. The maximum atomic E-state index is 11.6. The van der Waals surface area contributed by atoms with Crippen LogP contribution in [0.25, 0.3) is 0 Å². The molecule has 0 saturated carbocycles. The first-order chi connectivity index (χ1) is 7.58. The standard InChI is InChI=1S/C10H18N4O2/c1-4-7(5-15)11-10(16)9-12-8(6(2)3)13-14-9/h6-7,15H,4-5H2,1-3H3,(H,11,16)(H,12,13,14). The molecule has 0 aliphatic rings. The Balaban J connectivity index is 2.65. The van der Waals surface area contributed by atoms with Crippen molar-refractivity contribution in [2.75, 3.05) is 6.61 Å². The number of aromatic amines is 1. The largest absolute Gasteiger partial charge is 0.394 e. The minimum absolute atomic E-state index is 0.0797. The van der Waals surface area contributed by atoms with Crippen LogP contribution < -0.4 is 5.32 Å². The maximum Gasteiger partial charge on any atom is 0.291 e. The van der Waals surface area contributed by atoms with Crippen LogP contribution in [-0.4, -0.2) is 38.8 Å². The monoisotopic (exact) mass is 226 g/mol. The van der Waals surface area contributed by atoms with Gasteiger partial charge in [0, 0.05) is 5.92 Å². The summed E-state index contributed by atoms with van der Waals surface area (Å²) in [5.41, 5.74) is 0. The molecule has 0 fully saturated rings. The maximum absolute atomic E-state index is 11.6. The highest BCUT2D eigenvalue weighted by atomic mass is 16.3. The van der Waals surface area contributed by atoms with E-state index in [-0.39, 0.29) is 30.3 Å².